The summed E-state index contributed by atoms with van der Waals surface area (Å²) in [4.78, 5) is 1.29. The second-order valence-corrected chi connectivity index (χ2v) is 8.74. The van der Waals surface area contributed by atoms with E-state index in [4.69, 9.17) is 23.2 Å². The normalized spacial score (nSPS) is 11.7. The van der Waals surface area contributed by atoms with Gasteiger partial charge in [0.2, 0.25) is 10.0 Å². The molecule has 0 unspecified atom stereocenters. The molecule has 21 heavy (non-hydrogen) atoms. The summed E-state index contributed by atoms with van der Waals surface area (Å²) in [6.07, 6.45) is 0. The predicted molar refractivity (Wildman–Crippen MR) is 92.1 cm³/mol. The quantitative estimate of drug-likeness (QED) is 0.728. The molecule has 2 aromatic rings. The molecule has 0 aliphatic rings. The van der Waals surface area contributed by atoms with Gasteiger partial charge in [0.05, 0.1) is 10.0 Å². The number of hydrogen-bond donors (Lipinski definition) is 1. The molecule has 3 nitrogen and oxygen atoms in total. The molecule has 0 radical (unpaired) electrons. The van der Waals surface area contributed by atoms with E-state index in [9.17, 15) is 8.42 Å². The molecule has 2 rings (SSSR count). The minimum absolute atomic E-state index is 0.0138. The highest BCUT2D eigenvalue weighted by molar-refractivity contribution is 7.98. The maximum absolute atomic E-state index is 12.1. The van der Waals surface area contributed by atoms with Gasteiger partial charge in [0.15, 0.2) is 0 Å². The Bertz CT molecular complexity index is 687. The van der Waals surface area contributed by atoms with E-state index in [0.717, 1.165) is 5.75 Å². The van der Waals surface area contributed by atoms with Crippen LogP contribution in [-0.2, 0) is 15.8 Å². The minimum Gasteiger partial charge on any atom is -0.210 e. The summed E-state index contributed by atoms with van der Waals surface area (Å²) in [5.74, 6) is 1.58. The van der Waals surface area contributed by atoms with Gasteiger partial charge in [-0.15, -0.1) is 11.3 Å². The lowest BCUT2D eigenvalue weighted by Gasteiger charge is -2.08. The Hall–Kier alpha value is -0.240. The van der Waals surface area contributed by atoms with E-state index in [1.165, 1.54) is 10.9 Å². The van der Waals surface area contributed by atoms with Crippen LogP contribution in [0.25, 0.3) is 0 Å². The molecule has 1 N–H and O–H groups in total. The number of rotatable bonds is 7. The molecule has 8 heteroatoms. The van der Waals surface area contributed by atoms with E-state index in [2.05, 4.69) is 10.8 Å². The summed E-state index contributed by atoms with van der Waals surface area (Å²) in [6.45, 7) is 0.348. The van der Waals surface area contributed by atoms with Gasteiger partial charge >= 0.3 is 0 Å². The summed E-state index contributed by atoms with van der Waals surface area (Å²) in [5, 5.41) is 2.31. The number of sulfonamides is 1. The van der Waals surface area contributed by atoms with Crippen molar-refractivity contribution in [1.82, 2.24) is 4.72 Å². The van der Waals surface area contributed by atoms with Crippen LogP contribution in [-0.4, -0.2) is 20.7 Å². The van der Waals surface area contributed by atoms with Crippen molar-refractivity contribution in [1.29, 1.82) is 0 Å². The summed E-state index contributed by atoms with van der Waals surface area (Å²) in [5.41, 5.74) is 0. The Morgan fingerprint density at radius 3 is 2.71 bits per heavy atom. The van der Waals surface area contributed by atoms with Gasteiger partial charge in [-0.1, -0.05) is 35.3 Å². The van der Waals surface area contributed by atoms with Crippen LogP contribution in [0, 0.1) is 0 Å². The van der Waals surface area contributed by atoms with E-state index < -0.39 is 10.0 Å². The third-order valence-corrected chi connectivity index (χ3v) is 7.07. The minimum atomic E-state index is -3.62. The second kappa shape index (κ2) is 7.85. The first kappa shape index (κ1) is 17.1. The Labute approximate surface area is 142 Å². The fourth-order valence-corrected chi connectivity index (χ4v) is 5.20. The Morgan fingerprint density at radius 1 is 1.19 bits per heavy atom. The second-order valence-electron chi connectivity index (χ2n) is 4.08. The molecule has 0 aliphatic carbocycles. The van der Waals surface area contributed by atoms with Crippen molar-refractivity contribution in [2.75, 3.05) is 12.3 Å². The predicted octanol–water partition coefficient (Wildman–Crippen LogP) is 4.27. The number of halogens is 2. The van der Waals surface area contributed by atoms with Crippen molar-refractivity contribution in [2.24, 2.45) is 0 Å². The average Bonchev–Trinajstić information content (AvgIpc) is 2.94. The summed E-state index contributed by atoms with van der Waals surface area (Å²) >= 11 is 15.1. The van der Waals surface area contributed by atoms with E-state index in [1.807, 2.05) is 11.4 Å². The van der Waals surface area contributed by atoms with Gasteiger partial charge in [-0.3, -0.25) is 0 Å². The van der Waals surface area contributed by atoms with Gasteiger partial charge in [-0.05, 0) is 23.6 Å². The molecule has 0 amide bonds. The fourth-order valence-electron chi connectivity index (χ4n) is 1.58. The van der Waals surface area contributed by atoms with Crippen LogP contribution in [0.15, 0.2) is 40.6 Å². The molecule has 1 aromatic heterocycles. The topological polar surface area (TPSA) is 46.2 Å². The number of thiophene rings is 1. The first-order chi connectivity index (χ1) is 10.0. The van der Waals surface area contributed by atoms with Crippen LogP contribution in [0.3, 0.4) is 0 Å². The van der Waals surface area contributed by atoms with Crippen LogP contribution >= 0.6 is 46.3 Å². The summed E-state index contributed by atoms with van der Waals surface area (Å²) in [7, 11) is -3.62. The summed E-state index contributed by atoms with van der Waals surface area (Å²) in [6, 6.07) is 8.63. The Balaban J connectivity index is 1.85. The van der Waals surface area contributed by atoms with Crippen molar-refractivity contribution in [3.8, 4) is 0 Å². The fraction of sp³-hybridized carbons (Fsp3) is 0.231. The maximum atomic E-state index is 12.1. The van der Waals surface area contributed by atoms with E-state index in [1.54, 1.807) is 35.2 Å². The monoisotopic (exact) mass is 381 g/mol. The van der Waals surface area contributed by atoms with Crippen molar-refractivity contribution < 1.29 is 8.42 Å². The van der Waals surface area contributed by atoms with Crippen LogP contribution < -0.4 is 4.72 Å². The molecule has 0 fully saturated rings. The van der Waals surface area contributed by atoms with Crippen LogP contribution in [0.5, 0.6) is 0 Å². The molecular weight excluding hydrogens is 369 g/mol. The van der Waals surface area contributed by atoms with E-state index >= 15 is 0 Å². The molecule has 114 valence electrons. The lowest BCUT2D eigenvalue weighted by molar-refractivity contribution is 0.584. The highest BCUT2D eigenvalue weighted by Crippen LogP contribution is 2.28. The smallest absolute Gasteiger partial charge is 0.210 e. The number of thioether (sulfide) groups is 1. The highest BCUT2D eigenvalue weighted by Gasteiger charge is 2.18. The molecule has 0 saturated heterocycles. The lowest BCUT2D eigenvalue weighted by Crippen LogP contribution is -2.26. The standard InChI is InChI=1S/C13H13Cl2NO2S3/c14-11-4-1-5-12(13(11)15)21(17,18)16-6-8-19-9-10-3-2-7-20-10/h1-5,7,16H,6,8-9H2. The first-order valence-electron chi connectivity index (χ1n) is 6.04. The molecular formula is C13H13Cl2NO2S3. The van der Waals surface area contributed by atoms with Gasteiger partial charge < -0.3 is 0 Å². The van der Waals surface area contributed by atoms with Gasteiger partial charge in [0.1, 0.15) is 4.90 Å². The Morgan fingerprint density at radius 2 is 2.00 bits per heavy atom. The SMILES string of the molecule is O=S(=O)(NCCSCc1cccs1)c1cccc(Cl)c1Cl. The van der Waals surface area contributed by atoms with E-state index in [0.29, 0.717) is 12.3 Å². The third kappa shape index (κ3) is 4.87. The number of nitrogens with one attached hydrogen (secondary N) is 1. The molecule has 1 heterocycles. The largest absolute Gasteiger partial charge is 0.242 e. The van der Waals surface area contributed by atoms with Gasteiger partial charge in [-0.2, -0.15) is 11.8 Å². The van der Waals surface area contributed by atoms with Crippen LogP contribution in [0.4, 0.5) is 0 Å². The van der Waals surface area contributed by atoms with Crippen molar-refractivity contribution in [3.05, 3.63) is 50.6 Å². The molecule has 1 aromatic carbocycles. The molecule has 0 bridgehead atoms. The average molecular weight is 382 g/mol. The lowest BCUT2D eigenvalue weighted by atomic mass is 10.4. The highest BCUT2D eigenvalue weighted by atomic mass is 35.5. The molecule has 0 spiro atoms. The zero-order chi connectivity index (χ0) is 15.3. The third-order valence-electron chi connectivity index (χ3n) is 2.57. The molecule has 0 aliphatic heterocycles. The van der Waals surface area contributed by atoms with Crippen molar-refractivity contribution in [3.63, 3.8) is 0 Å². The van der Waals surface area contributed by atoms with E-state index in [-0.39, 0.29) is 14.9 Å². The summed E-state index contributed by atoms with van der Waals surface area (Å²) < 4.78 is 26.8. The Kier molecular flexibility index (Phi) is 6.40. The van der Waals surface area contributed by atoms with Gasteiger partial charge in [0.25, 0.3) is 0 Å². The van der Waals surface area contributed by atoms with Crippen LogP contribution in [0.1, 0.15) is 4.88 Å². The maximum Gasteiger partial charge on any atom is 0.242 e. The van der Waals surface area contributed by atoms with Crippen molar-refractivity contribution >= 4 is 56.3 Å². The number of hydrogen-bond acceptors (Lipinski definition) is 4. The zero-order valence-corrected chi connectivity index (χ0v) is 14.8. The van der Waals surface area contributed by atoms with Gasteiger partial charge in [0, 0.05) is 22.9 Å². The van der Waals surface area contributed by atoms with Crippen LogP contribution in [0.2, 0.25) is 10.0 Å². The molecule has 0 saturated carbocycles. The zero-order valence-electron chi connectivity index (χ0n) is 10.9. The molecule has 0 atom stereocenters. The van der Waals surface area contributed by atoms with Crippen molar-refractivity contribution in [2.45, 2.75) is 10.6 Å². The van der Waals surface area contributed by atoms with Gasteiger partial charge in [-0.25, -0.2) is 13.1 Å². The first-order valence-corrected chi connectivity index (χ1v) is 10.3. The number of benzene rings is 1.